The van der Waals surface area contributed by atoms with Gasteiger partial charge in [-0.05, 0) is 6.42 Å². The summed E-state index contributed by atoms with van der Waals surface area (Å²) in [4.78, 5) is 0. The van der Waals surface area contributed by atoms with Crippen LogP contribution in [0.2, 0.25) is 0 Å². The van der Waals surface area contributed by atoms with Crippen molar-refractivity contribution < 1.29 is 41.0 Å². The minimum atomic E-state index is -0.983. The Kier molecular flexibility index (Phi) is 10.2. The van der Waals surface area contributed by atoms with Gasteiger partial charge >= 0.3 is 0 Å². The van der Waals surface area contributed by atoms with Gasteiger partial charge in [-0.1, -0.05) is 0 Å². The molecule has 0 rings (SSSR count). The first kappa shape index (κ1) is 15.0. The molecule has 1 N–H and O–H groups in total. The first-order valence-corrected chi connectivity index (χ1v) is 3.51. The van der Waals surface area contributed by atoms with Gasteiger partial charge in [-0.15, -0.1) is 0 Å². The second kappa shape index (κ2) is 8.17. The summed E-state index contributed by atoms with van der Waals surface area (Å²) < 4.78 is 14.9. The van der Waals surface area contributed by atoms with E-state index in [-0.39, 0.29) is 28.3 Å². The van der Waals surface area contributed by atoms with E-state index >= 15 is 0 Å². The summed E-state index contributed by atoms with van der Waals surface area (Å²) in [6.45, 7) is 0.109. The van der Waals surface area contributed by atoms with E-state index in [0.717, 1.165) is 0 Å². The van der Waals surface area contributed by atoms with Crippen LogP contribution in [0.1, 0.15) is 12.8 Å². The Morgan fingerprint density at radius 1 is 1.08 bits per heavy atom. The quantitative estimate of drug-likeness (QED) is 0.509. The minimum absolute atomic E-state index is 0. The number of methoxy groups -OCH3 is 3. The Balaban J connectivity index is 0. The van der Waals surface area contributed by atoms with Gasteiger partial charge < -0.3 is 19.3 Å². The average Bonchev–Trinajstić information content (AvgIpc) is 2.08. The molecule has 0 bridgehead atoms. The molecular formula is C7H16O4Ti. The second-order valence-electron chi connectivity index (χ2n) is 2.12. The maximum Gasteiger partial charge on any atom is 0.282 e. The summed E-state index contributed by atoms with van der Waals surface area (Å²) in [5.41, 5.74) is 0. The Labute approximate surface area is 88.1 Å². The standard InChI is InChI=1S/C7H16O4.Ti/c1-9-7(10-2,11-3)5-4-6-8;/h8H,4-6H2,1-3H3;. The van der Waals surface area contributed by atoms with Crippen LogP contribution in [0.25, 0.3) is 0 Å². The monoisotopic (exact) mass is 212 g/mol. The van der Waals surface area contributed by atoms with Gasteiger partial charge in [0.05, 0.1) is 0 Å². The summed E-state index contributed by atoms with van der Waals surface area (Å²) in [5.74, 6) is -0.983. The van der Waals surface area contributed by atoms with Gasteiger partial charge in [-0.3, -0.25) is 0 Å². The zero-order valence-electron chi connectivity index (χ0n) is 7.79. The number of hydrogen-bond acceptors (Lipinski definition) is 4. The van der Waals surface area contributed by atoms with Crippen molar-refractivity contribution in [2.45, 2.75) is 18.8 Å². The minimum Gasteiger partial charge on any atom is -0.396 e. The third kappa shape index (κ3) is 4.55. The van der Waals surface area contributed by atoms with Crippen molar-refractivity contribution in [2.75, 3.05) is 27.9 Å². The third-order valence-corrected chi connectivity index (χ3v) is 1.57. The van der Waals surface area contributed by atoms with E-state index in [9.17, 15) is 0 Å². The second-order valence-corrected chi connectivity index (χ2v) is 2.12. The predicted molar refractivity (Wildman–Crippen MR) is 40.1 cm³/mol. The molecule has 0 heterocycles. The molecule has 0 aromatic heterocycles. The van der Waals surface area contributed by atoms with E-state index in [4.69, 9.17) is 19.3 Å². The molecule has 0 amide bonds. The van der Waals surface area contributed by atoms with Crippen LogP contribution in [0.3, 0.4) is 0 Å². The molecule has 0 aliphatic rings. The zero-order chi connectivity index (χ0) is 8.74. The van der Waals surface area contributed by atoms with Crippen molar-refractivity contribution in [1.29, 1.82) is 0 Å². The summed E-state index contributed by atoms with van der Waals surface area (Å²) in [5, 5.41) is 8.55. The topological polar surface area (TPSA) is 47.9 Å². The van der Waals surface area contributed by atoms with Crippen molar-refractivity contribution in [3.05, 3.63) is 0 Å². The van der Waals surface area contributed by atoms with Gasteiger partial charge in [-0.25, -0.2) is 0 Å². The Morgan fingerprint density at radius 2 is 1.50 bits per heavy atom. The van der Waals surface area contributed by atoms with Crippen LogP contribution in [0.4, 0.5) is 0 Å². The van der Waals surface area contributed by atoms with E-state index in [1.165, 1.54) is 21.3 Å². The van der Waals surface area contributed by atoms with E-state index in [1.807, 2.05) is 0 Å². The summed E-state index contributed by atoms with van der Waals surface area (Å²) in [6.07, 6.45) is 1.11. The van der Waals surface area contributed by atoms with Crippen molar-refractivity contribution in [3.8, 4) is 0 Å². The van der Waals surface area contributed by atoms with Crippen molar-refractivity contribution in [3.63, 3.8) is 0 Å². The van der Waals surface area contributed by atoms with Gasteiger partial charge in [0.25, 0.3) is 5.97 Å². The third-order valence-electron chi connectivity index (χ3n) is 1.57. The zero-order valence-corrected chi connectivity index (χ0v) is 9.35. The molecule has 72 valence electrons. The number of ether oxygens (including phenoxy) is 3. The molecule has 0 aromatic carbocycles. The van der Waals surface area contributed by atoms with Crippen LogP contribution < -0.4 is 0 Å². The smallest absolute Gasteiger partial charge is 0.282 e. The van der Waals surface area contributed by atoms with E-state index in [1.54, 1.807) is 0 Å². The normalized spacial score (nSPS) is 11.0. The maximum absolute atomic E-state index is 8.55. The Bertz CT molecular complexity index is 87.1. The largest absolute Gasteiger partial charge is 0.396 e. The molecule has 0 aliphatic carbocycles. The fourth-order valence-electron chi connectivity index (χ4n) is 0.852. The first-order valence-electron chi connectivity index (χ1n) is 3.51. The Hall–Kier alpha value is 0.554. The maximum atomic E-state index is 8.55. The van der Waals surface area contributed by atoms with Crippen LogP contribution in [-0.2, 0) is 35.9 Å². The number of aliphatic hydroxyl groups excluding tert-OH is 1. The molecule has 0 atom stereocenters. The van der Waals surface area contributed by atoms with Gasteiger partial charge in [-0.2, -0.15) is 0 Å². The average molecular weight is 212 g/mol. The van der Waals surface area contributed by atoms with E-state index < -0.39 is 5.97 Å². The summed E-state index contributed by atoms with van der Waals surface area (Å²) in [6, 6.07) is 0. The van der Waals surface area contributed by atoms with Gasteiger partial charge in [0.2, 0.25) is 0 Å². The number of aliphatic hydroxyl groups is 1. The molecule has 0 spiro atoms. The van der Waals surface area contributed by atoms with Crippen LogP contribution >= 0.6 is 0 Å². The summed E-state index contributed by atoms with van der Waals surface area (Å²) in [7, 11) is 4.51. The van der Waals surface area contributed by atoms with Crippen LogP contribution in [0.5, 0.6) is 0 Å². The molecular weight excluding hydrogens is 196 g/mol. The molecule has 0 radical (unpaired) electrons. The molecule has 0 saturated carbocycles. The molecule has 0 saturated heterocycles. The van der Waals surface area contributed by atoms with Crippen LogP contribution in [-0.4, -0.2) is 39.0 Å². The molecule has 0 aliphatic heterocycles. The molecule has 0 fully saturated rings. The van der Waals surface area contributed by atoms with Gasteiger partial charge in [0.15, 0.2) is 0 Å². The van der Waals surface area contributed by atoms with E-state index in [0.29, 0.717) is 12.8 Å². The molecule has 4 nitrogen and oxygen atoms in total. The predicted octanol–water partition coefficient (Wildman–Crippen LogP) is 0.349. The molecule has 12 heavy (non-hydrogen) atoms. The van der Waals surface area contributed by atoms with Crippen molar-refractivity contribution in [2.24, 2.45) is 0 Å². The molecule has 5 heteroatoms. The SMILES string of the molecule is COC(CCCO)(OC)OC.[Ti]. The molecule has 0 aromatic rings. The van der Waals surface area contributed by atoms with Crippen LogP contribution in [0.15, 0.2) is 0 Å². The van der Waals surface area contributed by atoms with Gasteiger partial charge in [0.1, 0.15) is 0 Å². The van der Waals surface area contributed by atoms with Gasteiger partial charge in [0, 0.05) is 56.1 Å². The van der Waals surface area contributed by atoms with E-state index in [2.05, 4.69) is 0 Å². The number of rotatable bonds is 6. The Morgan fingerprint density at radius 3 is 1.75 bits per heavy atom. The first-order chi connectivity index (χ1) is 5.24. The van der Waals surface area contributed by atoms with Crippen LogP contribution in [0, 0.1) is 0 Å². The molecule has 0 unspecified atom stereocenters. The van der Waals surface area contributed by atoms with Crippen molar-refractivity contribution in [1.82, 2.24) is 0 Å². The fourth-order valence-corrected chi connectivity index (χ4v) is 0.852. The fraction of sp³-hybridized carbons (Fsp3) is 1.00. The van der Waals surface area contributed by atoms with Crippen molar-refractivity contribution >= 4 is 0 Å². The number of hydrogen-bond donors (Lipinski definition) is 1. The summed E-state index contributed by atoms with van der Waals surface area (Å²) >= 11 is 0.